The average molecular weight is 262 g/mol. The van der Waals surface area contributed by atoms with Crippen molar-refractivity contribution in [1.29, 1.82) is 0 Å². The highest BCUT2D eigenvalue weighted by Gasteiger charge is 2.17. The number of hydrogen-bond donors (Lipinski definition) is 0. The molecule has 1 amide bonds. The van der Waals surface area contributed by atoms with Gasteiger partial charge in [-0.3, -0.25) is 9.48 Å². The van der Waals surface area contributed by atoms with Crippen LogP contribution in [0.5, 0.6) is 0 Å². The molecule has 0 radical (unpaired) electrons. The molecular formula is C12H18N6O. The Labute approximate surface area is 111 Å². The Morgan fingerprint density at radius 1 is 1.37 bits per heavy atom. The molecule has 0 saturated heterocycles. The van der Waals surface area contributed by atoms with Gasteiger partial charge in [0.25, 0.3) is 5.91 Å². The van der Waals surface area contributed by atoms with E-state index in [9.17, 15) is 4.79 Å². The summed E-state index contributed by atoms with van der Waals surface area (Å²) in [6.45, 7) is 5.07. The molecular weight excluding hydrogens is 244 g/mol. The molecule has 2 aromatic rings. The number of amides is 1. The van der Waals surface area contributed by atoms with Crippen LogP contribution in [0.3, 0.4) is 0 Å². The molecule has 0 unspecified atom stereocenters. The zero-order valence-corrected chi connectivity index (χ0v) is 11.7. The normalized spacial score (nSPS) is 10.7. The second-order valence-electron chi connectivity index (χ2n) is 4.46. The van der Waals surface area contributed by atoms with Gasteiger partial charge in [0.2, 0.25) is 0 Å². The molecule has 7 nitrogen and oxygen atoms in total. The molecule has 2 aromatic heterocycles. The Balaban J connectivity index is 2.09. The van der Waals surface area contributed by atoms with Crippen molar-refractivity contribution in [2.45, 2.75) is 26.9 Å². The number of nitrogens with zero attached hydrogens (tertiary/aromatic N) is 6. The van der Waals surface area contributed by atoms with Crippen molar-refractivity contribution in [3.8, 4) is 0 Å². The summed E-state index contributed by atoms with van der Waals surface area (Å²) in [5.41, 5.74) is 2.45. The van der Waals surface area contributed by atoms with E-state index in [1.165, 1.54) is 11.0 Å². The van der Waals surface area contributed by atoms with E-state index in [1.54, 1.807) is 22.8 Å². The minimum atomic E-state index is -0.136. The maximum Gasteiger partial charge on any atom is 0.276 e. The monoisotopic (exact) mass is 262 g/mol. The number of hydrogen-bond acceptors (Lipinski definition) is 4. The van der Waals surface area contributed by atoms with E-state index < -0.39 is 0 Å². The number of carbonyl (C=O) groups excluding carboxylic acids is 1. The van der Waals surface area contributed by atoms with Crippen LogP contribution in [0.4, 0.5) is 0 Å². The summed E-state index contributed by atoms with van der Waals surface area (Å²) in [5, 5.41) is 12.3. The zero-order valence-electron chi connectivity index (χ0n) is 11.7. The first-order valence-corrected chi connectivity index (χ1v) is 6.16. The molecule has 0 aliphatic heterocycles. The Bertz CT molecular complexity index is 585. The van der Waals surface area contributed by atoms with Crippen LogP contribution >= 0.6 is 0 Å². The first kappa shape index (κ1) is 13.3. The Kier molecular flexibility index (Phi) is 3.64. The van der Waals surface area contributed by atoms with E-state index in [0.717, 1.165) is 11.3 Å². The van der Waals surface area contributed by atoms with Gasteiger partial charge in [0.15, 0.2) is 5.69 Å². The van der Waals surface area contributed by atoms with Gasteiger partial charge < -0.3 is 4.90 Å². The molecule has 0 N–H and O–H groups in total. The Morgan fingerprint density at radius 2 is 2.11 bits per heavy atom. The molecule has 19 heavy (non-hydrogen) atoms. The van der Waals surface area contributed by atoms with Crippen LogP contribution in [0.1, 0.15) is 28.7 Å². The van der Waals surface area contributed by atoms with E-state index in [1.807, 2.05) is 20.9 Å². The average Bonchev–Trinajstić information content (AvgIpc) is 3.00. The third-order valence-corrected chi connectivity index (χ3v) is 3.13. The lowest BCUT2D eigenvalue weighted by Crippen LogP contribution is -2.27. The van der Waals surface area contributed by atoms with E-state index in [2.05, 4.69) is 15.3 Å². The second kappa shape index (κ2) is 5.21. The molecule has 0 saturated carbocycles. The molecule has 0 atom stereocenters. The lowest BCUT2D eigenvalue weighted by molar-refractivity contribution is 0.0778. The van der Waals surface area contributed by atoms with Gasteiger partial charge in [0, 0.05) is 31.9 Å². The van der Waals surface area contributed by atoms with Gasteiger partial charge in [-0.25, -0.2) is 0 Å². The zero-order chi connectivity index (χ0) is 14.0. The summed E-state index contributed by atoms with van der Waals surface area (Å²) in [5.74, 6) is -0.136. The molecule has 0 fully saturated rings. The fraction of sp³-hybridized carbons (Fsp3) is 0.500. The number of rotatable bonds is 4. The van der Waals surface area contributed by atoms with Crippen LogP contribution in [0.25, 0.3) is 0 Å². The van der Waals surface area contributed by atoms with Gasteiger partial charge >= 0.3 is 0 Å². The maximum absolute atomic E-state index is 12.2. The maximum atomic E-state index is 12.2. The quantitative estimate of drug-likeness (QED) is 0.809. The third kappa shape index (κ3) is 2.64. The molecule has 0 aliphatic rings. The van der Waals surface area contributed by atoms with E-state index >= 15 is 0 Å². The van der Waals surface area contributed by atoms with E-state index in [-0.39, 0.29) is 5.91 Å². The Hall–Kier alpha value is -2.18. The van der Waals surface area contributed by atoms with Crippen LogP contribution in [-0.2, 0) is 20.1 Å². The third-order valence-electron chi connectivity index (χ3n) is 3.13. The fourth-order valence-corrected chi connectivity index (χ4v) is 1.77. The number of carbonyl (C=O) groups is 1. The van der Waals surface area contributed by atoms with Gasteiger partial charge in [0.05, 0.1) is 18.9 Å². The van der Waals surface area contributed by atoms with Crippen LogP contribution in [0.2, 0.25) is 0 Å². The first-order chi connectivity index (χ1) is 9.02. The largest absolute Gasteiger partial charge is 0.336 e. The minimum absolute atomic E-state index is 0.136. The fourth-order valence-electron chi connectivity index (χ4n) is 1.77. The van der Waals surface area contributed by atoms with Crippen LogP contribution < -0.4 is 0 Å². The van der Waals surface area contributed by atoms with E-state index in [4.69, 9.17) is 0 Å². The van der Waals surface area contributed by atoms with Gasteiger partial charge in [-0.05, 0) is 13.8 Å². The summed E-state index contributed by atoms with van der Waals surface area (Å²) >= 11 is 0. The molecule has 2 heterocycles. The molecule has 0 aromatic carbocycles. The Morgan fingerprint density at radius 3 is 2.63 bits per heavy atom. The van der Waals surface area contributed by atoms with Gasteiger partial charge in [0.1, 0.15) is 0 Å². The van der Waals surface area contributed by atoms with Crippen molar-refractivity contribution in [2.24, 2.45) is 7.05 Å². The summed E-state index contributed by atoms with van der Waals surface area (Å²) in [6.07, 6.45) is 3.28. The second-order valence-corrected chi connectivity index (χ2v) is 4.46. The molecule has 0 spiro atoms. The number of aromatic nitrogens is 5. The predicted molar refractivity (Wildman–Crippen MR) is 69.4 cm³/mol. The summed E-state index contributed by atoms with van der Waals surface area (Å²) < 4.78 is 1.79. The highest BCUT2D eigenvalue weighted by atomic mass is 16.2. The molecule has 0 bridgehead atoms. The van der Waals surface area contributed by atoms with Crippen LogP contribution in [0.15, 0.2) is 12.4 Å². The molecule has 2 rings (SSSR count). The van der Waals surface area contributed by atoms with Crippen molar-refractivity contribution in [1.82, 2.24) is 29.7 Å². The summed E-state index contributed by atoms with van der Waals surface area (Å²) in [6, 6.07) is 0. The topological polar surface area (TPSA) is 68.8 Å². The van der Waals surface area contributed by atoms with Gasteiger partial charge in [-0.2, -0.15) is 15.0 Å². The molecule has 102 valence electrons. The van der Waals surface area contributed by atoms with Crippen LogP contribution in [0, 0.1) is 6.92 Å². The molecule has 0 aliphatic carbocycles. The SMILES string of the molecule is CCn1ncc(C(=O)N(C)Cc2cnn(C)c2C)n1. The summed E-state index contributed by atoms with van der Waals surface area (Å²) in [7, 11) is 3.63. The lowest BCUT2D eigenvalue weighted by Gasteiger charge is -2.15. The van der Waals surface area contributed by atoms with Crippen molar-refractivity contribution in [2.75, 3.05) is 7.05 Å². The first-order valence-electron chi connectivity index (χ1n) is 6.16. The lowest BCUT2D eigenvalue weighted by atomic mass is 10.2. The standard InChI is InChI=1S/C12H18N6O/c1-5-18-14-7-11(15-18)12(19)16(3)8-10-6-13-17(4)9(10)2/h6-7H,5,8H2,1-4H3. The van der Waals surface area contributed by atoms with Crippen molar-refractivity contribution in [3.05, 3.63) is 29.3 Å². The van der Waals surface area contributed by atoms with Crippen molar-refractivity contribution < 1.29 is 4.79 Å². The van der Waals surface area contributed by atoms with Crippen molar-refractivity contribution in [3.63, 3.8) is 0 Å². The summed E-state index contributed by atoms with van der Waals surface area (Å²) in [4.78, 5) is 15.3. The highest BCUT2D eigenvalue weighted by Crippen LogP contribution is 2.10. The number of aryl methyl sites for hydroxylation is 2. The van der Waals surface area contributed by atoms with Gasteiger partial charge in [-0.15, -0.1) is 5.10 Å². The van der Waals surface area contributed by atoms with Crippen molar-refractivity contribution >= 4 is 5.91 Å². The minimum Gasteiger partial charge on any atom is -0.336 e. The van der Waals surface area contributed by atoms with Crippen LogP contribution in [-0.4, -0.2) is 42.6 Å². The highest BCUT2D eigenvalue weighted by molar-refractivity contribution is 5.91. The van der Waals surface area contributed by atoms with E-state index in [0.29, 0.717) is 18.8 Å². The molecule has 7 heteroatoms. The smallest absolute Gasteiger partial charge is 0.276 e. The van der Waals surface area contributed by atoms with Gasteiger partial charge in [-0.1, -0.05) is 0 Å². The predicted octanol–water partition coefficient (Wildman–Crippen LogP) is 0.612.